The third-order valence-electron chi connectivity index (χ3n) is 3.06. The molecule has 0 aliphatic carbocycles. The molecule has 0 bridgehead atoms. The lowest BCUT2D eigenvalue weighted by molar-refractivity contribution is 0.0636. The SMILES string of the molecule is CC(C)(C)OC(=O)Nc1ccc(NC2CCCOC2)cc1. The Morgan fingerprint density at radius 1 is 1.24 bits per heavy atom. The zero-order valence-corrected chi connectivity index (χ0v) is 12.9. The van der Waals surface area contributed by atoms with Crippen LogP contribution in [0.3, 0.4) is 0 Å². The van der Waals surface area contributed by atoms with Crippen molar-refractivity contribution >= 4 is 17.5 Å². The Balaban J connectivity index is 1.85. The smallest absolute Gasteiger partial charge is 0.412 e. The largest absolute Gasteiger partial charge is 0.444 e. The maximum Gasteiger partial charge on any atom is 0.412 e. The molecule has 5 heteroatoms. The summed E-state index contributed by atoms with van der Waals surface area (Å²) in [4.78, 5) is 11.7. The number of hydrogen-bond acceptors (Lipinski definition) is 4. The van der Waals surface area contributed by atoms with Gasteiger partial charge >= 0.3 is 6.09 Å². The van der Waals surface area contributed by atoms with Crippen LogP contribution in [0.2, 0.25) is 0 Å². The van der Waals surface area contributed by atoms with Crippen LogP contribution in [-0.4, -0.2) is 30.9 Å². The van der Waals surface area contributed by atoms with Crippen molar-refractivity contribution in [2.24, 2.45) is 0 Å². The maximum atomic E-state index is 11.7. The molecule has 1 saturated heterocycles. The number of rotatable bonds is 3. The van der Waals surface area contributed by atoms with Crippen molar-refractivity contribution in [3.05, 3.63) is 24.3 Å². The van der Waals surface area contributed by atoms with Gasteiger partial charge < -0.3 is 14.8 Å². The highest BCUT2D eigenvalue weighted by atomic mass is 16.6. The molecule has 1 aliphatic rings. The molecule has 1 aromatic rings. The van der Waals surface area contributed by atoms with Crippen LogP contribution in [-0.2, 0) is 9.47 Å². The van der Waals surface area contributed by atoms with Gasteiger partial charge in [-0.05, 0) is 57.9 Å². The number of hydrogen-bond donors (Lipinski definition) is 2. The summed E-state index contributed by atoms with van der Waals surface area (Å²) in [6.45, 7) is 7.12. The molecule has 0 aromatic heterocycles. The summed E-state index contributed by atoms with van der Waals surface area (Å²) in [6.07, 6.45) is 1.78. The molecule has 1 aromatic carbocycles. The van der Waals surface area contributed by atoms with Crippen molar-refractivity contribution in [1.82, 2.24) is 0 Å². The number of ether oxygens (including phenoxy) is 2. The summed E-state index contributed by atoms with van der Waals surface area (Å²) in [5.41, 5.74) is 1.25. The van der Waals surface area contributed by atoms with Crippen LogP contribution in [0, 0.1) is 0 Å². The second-order valence-corrected chi connectivity index (χ2v) is 6.26. The number of anilines is 2. The van der Waals surface area contributed by atoms with E-state index in [4.69, 9.17) is 9.47 Å². The lowest BCUT2D eigenvalue weighted by Gasteiger charge is -2.24. The average Bonchev–Trinajstić information content (AvgIpc) is 2.40. The van der Waals surface area contributed by atoms with E-state index in [1.807, 2.05) is 45.0 Å². The Morgan fingerprint density at radius 3 is 2.48 bits per heavy atom. The van der Waals surface area contributed by atoms with Gasteiger partial charge in [0.2, 0.25) is 0 Å². The van der Waals surface area contributed by atoms with Crippen molar-refractivity contribution < 1.29 is 14.3 Å². The molecular weight excluding hydrogens is 268 g/mol. The van der Waals surface area contributed by atoms with Gasteiger partial charge in [0.25, 0.3) is 0 Å². The fourth-order valence-corrected chi connectivity index (χ4v) is 2.16. The number of carbonyl (C=O) groups excluding carboxylic acids is 1. The molecule has 2 N–H and O–H groups in total. The molecule has 1 aliphatic heterocycles. The maximum absolute atomic E-state index is 11.7. The monoisotopic (exact) mass is 292 g/mol. The number of carbonyl (C=O) groups is 1. The van der Waals surface area contributed by atoms with Crippen LogP contribution in [0.25, 0.3) is 0 Å². The fraction of sp³-hybridized carbons (Fsp3) is 0.562. The Kier molecular flexibility index (Phi) is 5.07. The van der Waals surface area contributed by atoms with Crippen molar-refractivity contribution in [1.29, 1.82) is 0 Å². The van der Waals surface area contributed by atoms with Gasteiger partial charge in [0.05, 0.1) is 6.61 Å². The lowest BCUT2D eigenvalue weighted by atomic mass is 10.1. The van der Waals surface area contributed by atoms with Crippen LogP contribution in [0.4, 0.5) is 16.2 Å². The molecule has 1 amide bonds. The van der Waals surface area contributed by atoms with Crippen molar-refractivity contribution in [3.63, 3.8) is 0 Å². The summed E-state index contributed by atoms with van der Waals surface area (Å²) >= 11 is 0. The molecular formula is C16H24N2O3. The molecule has 116 valence electrons. The van der Waals surface area contributed by atoms with Crippen LogP contribution in [0.5, 0.6) is 0 Å². The van der Waals surface area contributed by atoms with Crippen molar-refractivity contribution in [3.8, 4) is 0 Å². The topological polar surface area (TPSA) is 59.6 Å². The van der Waals surface area contributed by atoms with Crippen molar-refractivity contribution in [2.75, 3.05) is 23.8 Å². The highest BCUT2D eigenvalue weighted by Gasteiger charge is 2.16. The van der Waals surface area contributed by atoms with E-state index in [0.29, 0.717) is 6.04 Å². The average molecular weight is 292 g/mol. The first-order chi connectivity index (χ1) is 9.92. The molecule has 1 unspecified atom stereocenters. The zero-order chi connectivity index (χ0) is 15.3. The highest BCUT2D eigenvalue weighted by molar-refractivity contribution is 5.85. The van der Waals surface area contributed by atoms with E-state index in [-0.39, 0.29) is 0 Å². The van der Waals surface area contributed by atoms with E-state index in [9.17, 15) is 4.79 Å². The predicted molar refractivity (Wildman–Crippen MR) is 83.8 cm³/mol. The van der Waals surface area contributed by atoms with Gasteiger partial charge in [-0.1, -0.05) is 0 Å². The quantitative estimate of drug-likeness (QED) is 0.893. The summed E-state index contributed by atoms with van der Waals surface area (Å²) in [6, 6.07) is 7.97. The molecule has 1 heterocycles. The van der Waals surface area contributed by atoms with E-state index < -0.39 is 11.7 Å². The van der Waals surface area contributed by atoms with Crippen LogP contribution < -0.4 is 10.6 Å². The minimum absolute atomic E-state index is 0.364. The van der Waals surface area contributed by atoms with Crippen LogP contribution in [0.1, 0.15) is 33.6 Å². The second-order valence-electron chi connectivity index (χ2n) is 6.26. The molecule has 0 saturated carbocycles. The summed E-state index contributed by atoms with van der Waals surface area (Å²) in [5, 5.41) is 6.15. The fourth-order valence-electron chi connectivity index (χ4n) is 2.16. The van der Waals surface area contributed by atoms with E-state index >= 15 is 0 Å². The first kappa shape index (κ1) is 15.6. The van der Waals surface area contributed by atoms with E-state index in [0.717, 1.165) is 37.4 Å². The summed E-state index contributed by atoms with van der Waals surface area (Å²) in [5.74, 6) is 0. The predicted octanol–water partition coefficient (Wildman–Crippen LogP) is 3.62. The molecule has 21 heavy (non-hydrogen) atoms. The zero-order valence-electron chi connectivity index (χ0n) is 12.9. The first-order valence-corrected chi connectivity index (χ1v) is 7.37. The minimum atomic E-state index is -0.493. The molecule has 1 atom stereocenters. The molecule has 1 fully saturated rings. The lowest BCUT2D eigenvalue weighted by Crippen LogP contribution is -2.29. The summed E-state index contributed by atoms with van der Waals surface area (Å²) in [7, 11) is 0. The number of benzene rings is 1. The summed E-state index contributed by atoms with van der Waals surface area (Å²) < 4.78 is 10.7. The number of nitrogens with one attached hydrogen (secondary N) is 2. The second kappa shape index (κ2) is 6.80. The Morgan fingerprint density at radius 2 is 1.90 bits per heavy atom. The van der Waals surface area contributed by atoms with Crippen LogP contribution >= 0.6 is 0 Å². The van der Waals surface area contributed by atoms with Crippen molar-refractivity contribution in [2.45, 2.75) is 45.3 Å². The van der Waals surface area contributed by atoms with Gasteiger partial charge in [-0.3, -0.25) is 5.32 Å². The van der Waals surface area contributed by atoms with E-state index in [1.165, 1.54) is 0 Å². The molecule has 5 nitrogen and oxygen atoms in total. The Bertz CT molecular complexity index is 459. The van der Waals surface area contributed by atoms with Gasteiger partial charge in [0, 0.05) is 24.0 Å². The molecule has 0 spiro atoms. The Labute approximate surface area is 126 Å². The van der Waals surface area contributed by atoms with Gasteiger partial charge in [0.1, 0.15) is 5.60 Å². The van der Waals surface area contributed by atoms with E-state index in [1.54, 1.807) is 0 Å². The van der Waals surface area contributed by atoms with Gasteiger partial charge in [0.15, 0.2) is 0 Å². The third kappa shape index (κ3) is 5.63. The molecule has 0 radical (unpaired) electrons. The highest BCUT2D eigenvalue weighted by Crippen LogP contribution is 2.18. The standard InChI is InChI=1S/C16H24N2O3/c1-16(2,3)21-15(19)18-13-8-6-12(7-9-13)17-14-5-4-10-20-11-14/h6-9,14,17H,4-5,10-11H2,1-3H3,(H,18,19). The molecule has 2 rings (SSSR count). The van der Waals surface area contributed by atoms with Gasteiger partial charge in [-0.2, -0.15) is 0 Å². The number of amides is 1. The normalized spacial score (nSPS) is 18.9. The van der Waals surface area contributed by atoms with Crippen LogP contribution in [0.15, 0.2) is 24.3 Å². The van der Waals surface area contributed by atoms with E-state index in [2.05, 4.69) is 10.6 Å². The first-order valence-electron chi connectivity index (χ1n) is 7.37. The van der Waals surface area contributed by atoms with Gasteiger partial charge in [-0.25, -0.2) is 4.79 Å². The minimum Gasteiger partial charge on any atom is -0.444 e. The van der Waals surface area contributed by atoms with Gasteiger partial charge in [-0.15, -0.1) is 0 Å². The third-order valence-corrected chi connectivity index (χ3v) is 3.06. The Hall–Kier alpha value is -1.75.